The largest absolute Gasteiger partial charge is 0.381 e. The minimum atomic E-state index is -0.00357. The van der Waals surface area contributed by atoms with Crippen LogP contribution < -0.4 is 5.73 Å². The first-order valence-electron chi connectivity index (χ1n) is 7.50. The molecule has 2 aliphatic rings. The van der Waals surface area contributed by atoms with Crippen molar-refractivity contribution in [2.75, 3.05) is 45.9 Å². The van der Waals surface area contributed by atoms with Crippen molar-refractivity contribution in [2.24, 2.45) is 5.73 Å². The van der Waals surface area contributed by atoms with Crippen molar-refractivity contribution in [3.05, 3.63) is 0 Å². The number of rotatable bonds is 5. The number of hydrogen-bond acceptors (Lipinski definition) is 4. The molecule has 18 heavy (non-hydrogen) atoms. The van der Waals surface area contributed by atoms with E-state index in [-0.39, 0.29) is 5.54 Å². The Morgan fingerprint density at radius 3 is 2.56 bits per heavy atom. The molecule has 2 rings (SSSR count). The Hall–Kier alpha value is -0.160. The molecule has 0 aliphatic carbocycles. The highest BCUT2D eigenvalue weighted by atomic mass is 16.5. The zero-order valence-electron chi connectivity index (χ0n) is 12.0. The lowest BCUT2D eigenvalue weighted by Crippen LogP contribution is -2.53. The zero-order valence-corrected chi connectivity index (χ0v) is 12.0. The summed E-state index contributed by atoms with van der Waals surface area (Å²) in [5, 5.41) is 0. The van der Waals surface area contributed by atoms with E-state index in [0.29, 0.717) is 0 Å². The Morgan fingerprint density at radius 1 is 1.28 bits per heavy atom. The lowest BCUT2D eigenvalue weighted by Gasteiger charge is -2.37. The van der Waals surface area contributed by atoms with Gasteiger partial charge in [0.15, 0.2) is 0 Å². The Labute approximate surface area is 111 Å². The van der Waals surface area contributed by atoms with E-state index >= 15 is 0 Å². The molecule has 1 atom stereocenters. The fraction of sp³-hybridized carbons (Fsp3) is 1.00. The number of likely N-dealkylation sites (tertiary alicyclic amines) is 1. The van der Waals surface area contributed by atoms with Gasteiger partial charge in [-0.2, -0.15) is 0 Å². The third kappa shape index (κ3) is 3.44. The van der Waals surface area contributed by atoms with E-state index in [1.807, 2.05) is 0 Å². The van der Waals surface area contributed by atoms with Gasteiger partial charge >= 0.3 is 0 Å². The standard InChI is InChI=1S/C14H29N3O/c1-3-17(4-2)13-5-8-16(11-13)12-14(15)6-9-18-10-7-14/h13H,3-12,15H2,1-2H3. The van der Waals surface area contributed by atoms with Crippen LogP contribution in [0.3, 0.4) is 0 Å². The van der Waals surface area contributed by atoms with Gasteiger partial charge in [0, 0.05) is 37.9 Å². The third-order valence-electron chi connectivity index (χ3n) is 4.60. The van der Waals surface area contributed by atoms with Gasteiger partial charge in [-0.25, -0.2) is 0 Å². The topological polar surface area (TPSA) is 41.7 Å². The molecule has 0 radical (unpaired) electrons. The third-order valence-corrected chi connectivity index (χ3v) is 4.60. The van der Waals surface area contributed by atoms with E-state index in [4.69, 9.17) is 10.5 Å². The summed E-state index contributed by atoms with van der Waals surface area (Å²) in [6.45, 7) is 12.0. The predicted octanol–water partition coefficient (Wildman–Crippen LogP) is 0.910. The Morgan fingerprint density at radius 2 is 1.94 bits per heavy atom. The molecule has 0 amide bonds. The number of hydrogen-bond donors (Lipinski definition) is 1. The zero-order chi connectivity index (χ0) is 13.0. The molecule has 2 heterocycles. The summed E-state index contributed by atoms with van der Waals surface area (Å²) >= 11 is 0. The van der Waals surface area contributed by atoms with Gasteiger partial charge in [-0.15, -0.1) is 0 Å². The van der Waals surface area contributed by atoms with Crippen LogP contribution in [0, 0.1) is 0 Å². The van der Waals surface area contributed by atoms with E-state index in [2.05, 4.69) is 23.6 Å². The molecule has 2 fully saturated rings. The van der Waals surface area contributed by atoms with E-state index < -0.39 is 0 Å². The van der Waals surface area contributed by atoms with Crippen molar-refractivity contribution in [1.29, 1.82) is 0 Å². The van der Waals surface area contributed by atoms with E-state index in [1.54, 1.807) is 0 Å². The smallest absolute Gasteiger partial charge is 0.0484 e. The van der Waals surface area contributed by atoms with E-state index in [9.17, 15) is 0 Å². The van der Waals surface area contributed by atoms with Crippen molar-refractivity contribution >= 4 is 0 Å². The van der Waals surface area contributed by atoms with Gasteiger partial charge in [0.05, 0.1) is 0 Å². The second-order valence-electron chi connectivity index (χ2n) is 5.87. The number of likely N-dealkylation sites (N-methyl/N-ethyl adjacent to an activating group) is 1. The summed E-state index contributed by atoms with van der Waals surface area (Å²) in [5.74, 6) is 0. The SMILES string of the molecule is CCN(CC)C1CCN(CC2(N)CCOCC2)C1. The van der Waals surface area contributed by atoms with Crippen LogP contribution in [0.2, 0.25) is 0 Å². The molecular weight excluding hydrogens is 226 g/mol. The van der Waals surface area contributed by atoms with Gasteiger partial charge in [-0.3, -0.25) is 9.80 Å². The highest BCUT2D eigenvalue weighted by molar-refractivity contribution is 4.93. The Kier molecular flexibility index (Phi) is 5.01. The lowest BCUT2D eigenvalue weighted by atomic mass is 9.91. The van der Waals surface area contributed by atoms with Crippen molar-refractivity contribution in [3.63, 3.8) is 0 Å². The summed E-state index contributed by atoms with van der Waals surface area (Å²) in [5.41, 5.74) is 6.49. The van der Waals surface area contributed by atoms with Gasteiger partial charge in [0.1, 0.15) is 0 Å². The second-order valence-corrected chi connectivity index (χ2v) is 5.87. The number of nitrogens with two attached hydrogens (primary N) is 1. The highest BCUT2D eigenvalue weighted by Crippen LogP contribution is 2.23. The molecule has 0 aromatic rings. The fourth-order valence-corrected chi connectivity index (χ4v) is 3.38. The molecule has 0 saturated carbocycles. The van der Waals surface area contributed by atoms with E-state index in [1.165, 1.54) is 19.5 Å². The van der Waals surface area contributed by atoms with Gasteiger partial charge in [-0.05, 0) is 38.9 Å². The van der Waals surface area contributed by atoms with Crippen LogP contribution in [-0.2, 0) is 4.74 Å². The number of ether oxygens (including phenoxy) is 1. The molecule has 106 valence electrons. The Balaban J connectivity index is 1.81. The van der Waals surface area contributed by atoms with Crippen LogP contribution in [0.25, 0.3) is 0 Å². The molecule has 0 aromatic carbocycles. The fourth-order valence-electron chi connectivity index (χ4n) is 3.38. The van der Waals surface area contributed by atoms with Crippen molar-refractivity contribution in [1.82, 2.24) is 9.80 Å². The first kappa shape index (κ1) is 14.3. The van der Waals surface area contributed by atoms with Crippen LogP contribution in [0.15, 0.2) is 0 Å². The monoisotopic (exact) mass is 255 g/mol. The summed E-state index contributed by atoms with van der Waals surface area (Å²) in [7, 11) is 0. The van der Waals surface area contributed by atoms with Crippen LogP contribution >= 0.6 is 0 Å². The van der Waals surface area contributed by atoms with Crippen molar-refractivity contribution in [3.8, 4) is 0 Å². The number of nitrogens with zero attached hydrogens (tertiary/aromatic N) is 2. The van der Waals surface area contributed by atoms with Crippen molar-refractivity contribution in [2.45, 2.75) is 44.7 Å². The first-order valence-corrected chi connectivity index (χ1v) is 7.50. The van der Waals surface area contributed by atoms with Crippen molar-refractivity contribution < 1.29 is 4.74 Å². The summed E-state index contributed by atoms with van der Waals surface area (Å²) in [6, 6.07) is 0.739. The molecule has 0 spiro atoms. The summed E-state index contributed by atoms with van der Waals surface area (Å²) < 4.78 is 5.42. The van der Waals surface area contributed by atoms with E-state index in [0.717, 1.165) is 51.7 Å². The molecular formula is C14H29N3O. The average Bonchev–Trinajstić information content (AvgIpc) is 2.79. The molecule has 2 aliphatic heterocycles. The Bertz CT molecular complexity index is 249. The maximum absolute atomic E-state index is 6.49. The van der Waals surface area contributed by atoms with Crippen LogP contribution in [0.4, 0.5) is 0 Å². The van der Waals surface area contributed by atoms with Crippen LogP contribution in [0.5, 0.6) is 0 Å². The van der Waals surface area contributed by atoms with Gasteiger partial charge in [0.25, 0.3) is 0 Å². The predicted molar refractivity (Wildman–Crippen MR) is 74.7 cm³/mol. The molecule has 1 unspecified atom stereocenters. The molecule has 4 heteroatoms. The minimum Gasteiger partial charge on any atom is -0.381 e. The maximum Gasteiger partial charge on any atom is 0.0484 e. The average molecular weight is 255 g/mol. The minimum absolute atomic E-state index is 0.00357. The molecule has 4 nitrogen and oxygen atoms in total. The maximum atomic E-state index is 6.49. The molecule has 2 saturated heterocycles. The van der Waals surface area contributed by atoms with Gasteiger partial charge < -0.3 is 10.5 Å². The lowest BCUT2D eigenvalue weighted by molar-refractivity contribution is 0.0398. The summed E-state index contributed by atoms with van der Waals surface area (Å²) in [6.07, 6.45) is 3.33. The van der Waals surface area contributed by atoms with Gasteiger partial charge in [0.2, 0.25) is 0 Å². The normalized spacial score (nSPS) is 29.0. The van der Waals surface area contributed by atoms with Crippen LogP contribution in [-0.4, -0.2) is 67.3 Å². The summed E-state index contributed by atoms with van der Waals surface area (Å²) in [4.78, 5) is 5.14. The molecule has 0 bridgehead atoms. The van der Waals surface area contributed by atoms with Crippen LogP contribution in [0.1, 0.15) is 33.1 Å². The van der Waals surface area contributed by atoms with Gasteiger partial charge in [-0.1, -0.05) is 13.8 Å². The second kappa shape index (κ2) is 6.33. The highest BCUT2D eigenvalue weighted by Gasteiger charge is 2.34. The molecule has 0 aromatic heterocycles. The molecule has 2 N–H and O–H groups in total. The quantitative estimate of drug-likeness (QED) is 0.793. The first-order chi connectivity index (χ1) is 8.67.